The molecule has 3 heteroatoms. The Bertz CT molecular complexity index is 186. The molecule has 0 aromatic carbocycles. The molecule has 1 saturated carbocycles. The van der Waals surface area contributed by atoms with Crippen LogP contribution in [0.4, 0.5) is 0 Å². The molecule has 0 amide bonds. The number of hydrogen-bond acceptors (Lipinski definition) is 3. The number of ether oxygens (including phenoxy) is 2. The molecule has 0 spiro atoms. The molecular weight excluding hydrogens is 202 g/mol. The largest absolute Gasteiger partial charge is 0.350 e. The summed E-state index contributed by atoms with van der Waals surface area (Å²) in [5.41, 5.74) is 0. The minimum Gasteiger partial charge on any atom is -0.350 e. The fraction of sp³-hybridized carbons (Fsp3) is 1.00. The van der Waals surface area contributed by atoms with Crippen LogP contribution in [-0.2, 0) is 9.47 Å². The third-order valence-corrected chi connectivity index (χ3v) is 3.82. The van der Waals surface area contributed by atoms with Crippen LogP contribution in [0.5, 0.6) is 0 Å². The molecule has 3 nitrogen and oxygen atoms in total. The molecule has 1 atom stereocenters. The van der Waals surface area contributed by atoms with E-state index < -0.39 is 0 Å². The molecule has 2 fully saturated rings. The molecule has 1 unspecified atom stereocenters. The third-order valence-electron chi connectivity index (χ3n) is 3.82. The zero-order valence-electron chi connectivity index (χ0n) is 10.4. The van der Waals surface area contributed by atoms with Gasteiger partial charge in [0.2, 0.25) is 0 Å². The summed E-state index contributed by atoms with van der Waals surface area (Å²) in [6.45, 7) is 4.78. The second kappa shape index (κ2) is 6.58. The SMILES string of the molecule is CCNC(CC1OCCO1)C1CCCCC1. The second-order valence-corrected chi connectivity index (χ2v) is 4.97. The van der Waals surface area contributed by atoms with E-state index in [1.165, 1.54) is 32.1 Å². The van der Waals surface area contributed by atoms with Crippen LogP contribution < -0.4 is 5.32 Å². The van der Waals surface area contributed by atoms with Crippen molar-refractivity contribution < 1.29 is 9.47 Å². The Morgan fingerprint density at radius 2 is 1.81 bits per heavy atom. The van der Waals surface area contributed by atoms with E-state index in [1.54, 1.807) is 0 Å². The fourth-order valence-electron chi connectivity index (χ4n) is 2.99. The lowest BCUT2D eigenvalue weighted by Gasteiger charge is -2.32. The molecular formula is C13H25NO2. The summed E-state index contributed by atoms with van der Waals surface area (Å²) in [5.74, 6) is 0.835. The molecule has 0 radical (unpaired) electrons. The van der Waals surface area contributed by atoms with Crippen molar-refractivity contribution in [2.75, 3.05) is 19.8 Å². The first-order valence-corrected chi connectivity index (χ1v) is 6.86. The molecule has 1 saturated heterocycles. The predicted molar refractivity (Wildman–Crippen MR) is 64.3 cm³/mol. The molecule has 94 valence electrons. The summed E-state index contributed by atoms with van der Waals surface area (Å²) in [7, 11) is 0. The summed E-state index contributed by atoms with van der Waals surface area (Å²) in [4.78, 5) is 0. The van der Waals surface area contributed by atoms with Gasteiger partial charge < -0.3 is 14.8 Å². The fourth-order valence-corrected chi connectivity index (χ4v) is 2.99. The molecule has 2 aliphatic rings. The molecule has 1 heterocycles. The first-order chi connectivity index (χ1) is 7.90. The van der Waals surface area contributed by atoms with Crippen LogP contribution in [0, 0.1) is 5.92 Å². The van der Waals surface area contributed by atoms with Gasteiger partial charge in [-0.1, -0.05) is 26.2 Å². The van der Waals surface area contributed by atoms with Crippen molar-refractivity contribution in [2.45, 2.75) is 57.8 Å². The zero-order chi connectivity index (χ0) is 11.2. The summed E-state index contributed by atoms with van der Waals surface area (Å²) >= 11 is 0. The van der Waals surface area contributed by atoms with Crippen molar-refractivity contribution in [3.8, 4) is 0 Å². The Balaban J connectivity index is 1.82. The topological polar surface area (TPSA) is 30.5 Å². The van der Waals surface area contributed by atoms with Crippen molar-refractivity contribution in [3.05, 3.63) is 0 Å². The molecule has 0 bridgehead atoms. The Hall–Kier alpha value is -0.120. The lowest BCUT2D eigenvalue weighted by atomic mass is 9.82. The smallest absolute Gasteiger partial charge is 0.159 e. The Kier molecular flexibility index (Phi) is 5.07. The monoisotopic (exact) mass is 227 g/mol. The Morgan fingerprint density at radius 3 is 2.44 bits per heavy atom. The van der Waals surface area contributed by atoms with Gasteiger partial charge in [-0.05, 0) is 25.3 Å². The maximum atomic E-state index is 5.56. The molecule has 2 rings (SSSR count). The van der Waals surface area contributed by atoms with E-state index in [0.29, 0.717) is 6.04 Å². The van der Waals surface area contributed by atoms with Gasteiger partial charge in [-0.2, -0.15) is 0 Å². The van der Waals surface area contributed by atoms with E-state index in [0.717, 1.165) is 32.1 Å². The van der Waals surface area contributed by atoms with Gasteiger partial charge in [-0.3, -0.25) is 0 Å². The van der Waals surface area contributed by atoms with Gasteiger partial charge in [0.25, 0.3) is 0 Å². The van der Waals surface area contributed by atoms with Crippen molar-refractivity contribution >= 4 is 0 Å². The van der Waals surface area contributed by atoms with Crippen LogP contribution in [0.15, 0.2) is 0 Å². The maximum Gasteiger partial charge on any atom is 0.159 e. The molecule has 0 aromatic rings. The number of nitrogens with one attached hydrogen (secondary N) is 1. The minimum atomic E-state index is 0.0472. The van der Waals surface area contributed by atoms with Crippen LogP contribution in [-0.4, -0.2) is 32.1 Å². The Labute approximate surface area is 98.9 Å². The third kappa shape index (κ3) is 3.44. The Morgan fingerprint density at radius 1 is 1.12 bits per heavy atom. The quantitative estimate of drug-likeness (QED) is 0.782. The summed E-state index contributed by atoms with van der Waals surface area (Å²) in [6, 6.07) is 0.591. The van der Waals surface area contributed by atoms with E-state index in [2.05, 4.69) is 12.2 Å². The van der Waals surface area contributed by atoms with Gasteiger partial charge in [0, 0.05) is 12.5 Å². The highest BCUT2D eigenvalue weighted by Crippen LogP contribution is 2.29. The number of rotatable bonds is 5. The second-order valence-electron chi connectivity index (χ2n) is 4.97. The van der Waals surface area contributed by atoms with Gasteiger partial charge >= 0.3 is 0 Å². The van der Waals surface area contributed by atoms with Crippen LogP contribution in [0.2, 0.25) is 0 Å². The van der Waals surface area contributed by atoms with E-state index in [9.17, 15) is 0 Å². The highest BCUT2D eigenvalue weighted by molar-refractivity contribution is 4.80. The highest BCUT2D eigenvalue weighted by atomic mass is 16.7. The highest BCUT2D eigenvalue weighted by Gasteiger charge is 2.27. The van der Waals surface area contributed by atoms with Crippen molar-refractivity contribution in [1.29, 1.82) is 0 Å². The van der Waals surface area contributed by atoms with Gasteiger partial charge in [0.15, 0.2) is 6.29 Å². The van der Waals surface area contributed by atoms with Gasteiger partial charge in [-0.15, -0.1) is 0 Å². The first kappa shape index (κ1) is 12.3. The summed E-state index contributed by atoms with van der Waals surface area (Å²) in [6.07, 6.45) is 8.06. The molecule has 1 aliphatic heterocycles. The lowest BCUT2D eigenvalue weighted by molar-refractivity contribution is -0.0575. The maximum absolute atomic E-state index is 5.56. The van der Waals surface area contributed by atoms with E-state index in [4.69, 9.17) is 9.47 Å². The van der Waals surface area contributed by atoms with Crippen LogP contribution in [0.1, 0.15) is 45.4 Å². The molecule has 1 aliphatic carbocycles. The summed E-state index contributed by atoms with van der Waals surface area (Å²) < 4.78 is 11.1. The van der Waals surface area contributed by atoms with Gasteiger partial charge in [0.1, 0.15) is 0 Å². The average Bonchev–Trinajstić information content (AvgIpc) is 2.83. The van der Waals surface area contributed by atoms with Crippen LogP contribution in [0.3, 0.4) is 0 Å². The van der Waals surface area contributed by atoms with E-state index in [1.807, 2.05) is 0 Å². The van der Waals surface area contributed by atoms with Crippen molar-refractivity contribution in [1.82, 2.24) is 5.32 Å². The lowest BCUT2D eigenvalue weighted by Crippen LogP contribution is -2.40. The molecule has 0 aromatic heterocycles. The molecule has 16 heavy (non-hydrogen) atoms. The standard InChI is InChI=1S/C13H25NO2/c1-2-14-12(10-13-15-8-9-16-13)11-6-4-3-5-7-11/h11-14H,2-10H2,1H3. The van der Waals surface area contributed by atoms with Crippen LogP contribution in [0.25, 0.3) is 0 Å². The average molecular weight is 227 g/mol. The number of hydrogen-bond donors (Lipinski definition) is 1. The van der Waals surface area contributed by atoms with Gasteiger partial charge in [-0.25, -0.2) is 0 Å². The van der Waals surface area contributed by atoms with E-state index in [-0.39, 0.29) is 6.29 Å². The van der Waals surface area contributed by atoms with Crippen molar-refractivity contribution in [2.24, 2.45) is 5.92 Å². The first-order valence-electron chi connectivity index (χ1n) is 6.86. The normalized spacial score (nSPS) is 26.1. The zero-order valence-corrected chi connectivity index (χ0v) is 10.4. The minimum absolute atomic E-state index is 0.0472. The summed E-state index contributed by atoms with van der Waals surface area (Å²) in [5, 5.41) is 3.62. The van der Waals surface area contributed by atoms with Gasteiger partial charge in [0.05, 0.1) is 13.2 Å². The predicted octanol–water partition coefficient (Wildman–Crippen LogP) is 2.31. The van der Waals surface area contributed by atoms with Crippen molar-refractivity contribution in [3.63, 3.8) is 0 Å². The molecule has 1 N–H and O–H groups in total. The van der Waals surface area contributed by atoms with Crippen LogP contribution >= 0.6 is 0 Å². The van der Waals surface area contributed by atoms with E-state index >= 15 is 0 Å².